The predicted octanol–water partition coefficient (Wildman–Crippen LogP) is 4.61. The minimum absolute atomic E-state index is 0.618. The molecule has 0 aliphatic carbocycles. The summed E-state index contributed by atoms with van der Waals surface area (Å²) >= 11 is 3.58. The molecule has 4 rings (SSSR count). The van der Waals surface area contributed by atoms with Crippen LogP contribution in [0, 0.1) is 0 Å². The van der Waals surface area contributed by atoms with Crippen molar-refractivity contribution in [3.8, 4) is 0 Å². The van der Waals surface area contributed by atoms with Crippen LogP contribution in [0.15, 0.2) is 50.6 Å². The zero-order chi connectivity index (χ0) is 18.5. The molecule has 0 saturated carbocycles. The number of hydrogen-bond donors (Lipinski definition) is 1. The first-order chi connectivity index (χ1) is 13.3. The van der Waals surface area contributed by atoms with Gasteiger partial charge in [0.25, 0.3) is 0 Å². The van der Waals surface area contributed by atoms with Gasteiger partial charge in [0, 0.05) is 23.7 Å². The van der Waals surface area contributed by atoms with Crippen LogP contribution < -0.4 is 10.6 Å². The van der Waals surface area contributed by atoms with Gasteiger partial charge in [0.1, 0.15) is 5.84 Å². The Morgan fingerprint density at radius 3 is 2.85 bits per heavy atom. The summed E-state index contributed by atoms with van der Waals surface area (Å²) in [5.74, 6) is 1.76. The Balaban J connectivity index is 1.41. The number of rotatable bonds is 6. The van der Waals surface area contributed by atoms with Crippen LogP contribution in [0.25, 0.3) is 0 Å². The molecule has 144 valence electrons. The number of likely N-dealkylation sites (tertiary alicyclic amines) is 1. The molecule has 3 aliphatic heterocycles. The highest BCUT2D eigenvalue weighted by molar-refractivity contribution is 8.06. The smallest absolute Gasteiger partial charge is 0.137 e. The van der Waals surface area contributed by atoms with Crippen molar-refractivity contribution in [1.82, 2.24) is 4.90 Å². The number of anilines is 1. The van der Waals surface area contributed by atoms with Crippen LogP contribution in [0.3, 0.4) is 0 Å². The first kappa shape index (κ1) is 19.0. The lowest BCUT2D eigenvalue weighted by atomic mass is 10.2. The van der Waals surface area contributed by atoms with Crippen molar-refractivity contribution in [3.05, 3.63) is 40.7 Å². The molecule has 0 amide bonds. The van der Waals surface area contributed by atoms with Gasteiger partial charge in [0.05, 0.1) is 16.3 Å². The summed E-state index contributed by atoms with van der Waals surface area (Å²) in [6.07, 6.45) is 9.21. The number of thioether (sulfide) groups is 2. The minimum atomic E-state index is 0.618. The van der Waals surface area contributed by atoms with Crippen LogP contribution in [0.4, 0.5) is 11.4 Å². The highest BCUT2D eigenvalue weighted by atomic mass is 32.2. The third-order valence-corrected chi connectivity index (χ3v) is 7.22. The average Bonchev–Trinajstić information content (AvgIpc) is 3.22. The molecular weight excluding hydrogens is 372 g/mol. The van der Waals surface area contributed by atoms with Crippen LogP contribution >= 0.6 is 23.5 Å². The van der Waals surface area contributed by atoms with Crippen molar-refractivity contribution in [2.24, 2.45) is 10.7 Å². The van der Waals surface area contributed by atoms with Crippen molar-refractivity contribution < 1.29 is 0 Å². The fourth-order valence-corrected chi connectivity index (χ4v) is 5.61. The van der Waals surface area contributed by atoms with E-state index in [0.717, 1.165) is 35.9 Å². The number of allylic oxidation sites excluding steroid dienone is 2. The molecule has 1 fully saturated rings. The van der Waals surface area contributed by atoms with Gasteiger partial charge in [-0.1, -0.05) is 23.9 Å². The Morgan fingerprint density at radius 2 is 2.04 bits per heavy atom. The van der Waals surface area contributed by atoms with E-state index >= 15 is 0 Å². The summed E-state index contributed by atoms with van der Waals surface area (Å²) in [5.41, 5.74) is 8.53. The normalized spacial score (nSPS) is 20.7. The second kappa shape index (κ2) is 9.22. The molecule has 1 aromatic rings. The van der Waals surface area contributed by atoms with Gasteiger partial charge in [-0.05, 0) is 68.9 Å². The Kier molecular flexibility index (Phi) is 6.47. The Hall–Kier alpha value is -1.37. The maximum Gasteiger partial charge on any atom is 0.137 e. The second-order valence-electron chi connectivity index (χ2n) is 7.18. The molecule has 3 heterocycles. The monoisotopic (exact) mass is 400 g/mol. The van der Waals surface area contributed by atoms with Gasteiger partial charge in [-0.3, -0.25) is 0 Å². The molecule has 6 heteroatoms. The van der Waals surface area contributed by atoms with E-state index in [2.05, 4.69) is 50.6 Å². The van der Waals surface area contributed by atoms with Gasteiger partial charge in [0.15, 0.2) is 0 Å². The fourth-order valence-electron chi connectivity index (χ4n) is 3.82. The van der Waals surface area contributed by atoms with Crippen LogP contribution in [0.2, 0.25) is 0 Å². The zero-order valence-electron chi connectivity index (χ0n) is 15.8. The quantitative estimate of drug-likeness (QED) is 0.558. The van der Waals surface area contributed by atoms with E-state index in [1.54, 1.807) is 11.8 Å². The fraction of sp³-hybridized carbons (Fsp3) is 0.476. The number of fused-ring (bicyclic) bond motifs is 1. The van der Waals surface area contributed by atoms with Crippen molar-refractivity contribution in [2.75, 3.05) is 43.4 Å². The largest absolute Gasteiger partial charge is 0.383 e. The van der Waals surface area contributed by atoms with Crippen molar-refractivity contribution in [1.29, 1.82) is 0 Å². The van der Waals surface area contributed by atoms with E-state index in [1.165, 1.54) is 49.5 Å². The number of nitrogens with two attached hydrogens (primary N) is 1. The summed E-state index contributed by atoms with van der Waals surface area (Å²) in [7, 11) is 0. The molecule has 1 saturated heterocycles. The van der Waals surface area contributed by atoms with Gasteiger partial charge in [-0.15, -0.1) is 11.8 Å². The van der Waals surface area contributed by atoms with E-state index < -0.39 is 0 Å². The third kappa shape index (κ3) is 4.92. The Labute approximate surface area is 171 Å². The second-order valence-corrected chi connectivity index (χ2v) is 9.27. The van der Waals surface area contributed by atoms with Gasteiger partial charge in [0.2, 0.25) is 0 Å². The summed E-state index contributed by atoms with van der Waals surface area (Å²) in [6, 6.07) is 6.53. The van der Waals surface area contributed by atoms with Gasteiger partial charge in [-0.25, -0.2) is 4.99 Å². The molecule has 0 unspecified atom stereocenters. The van der Waals surface area contributed by atoms with E-state index in [0.29, 0.717) is 5.84 Å². The lowest BCUT2D eigenvalue weighted by molar-refractivity contribution is 0.334. The van der Waals surface area contributed by atoms with Crippen LogP contribution in [0.5, 0.6) is 0 Å². The predicted molar refractivity (Wildman–Crippen MR) is 120 cm³/mol. The number of nitrogens with zero attached hydrogens (tertiary/aromatic N) is 3. The van der Waals surface area contributed by atoms with E-state index in [4.69, 9.17) is 5.73 Å². The third-order valence-electron chi connectivity index (χ3n) is 5.24. The molecule has 4 nitrogen and oxygen atoms in total. The molecule has 0 radical (unpaired) electrons. The highest BCUT2D eigenvalue weighted by Gasteiger charge is 2.18. The molecule has 2 N–H and O–H groups in total. The number of hydrogen-bond acceptors (Lipinski definition) is 5. The molecule has 3 aliphatic rings. The van der Waals surface area contributed by atoms with Crippen LogP contribution in [0.1, 0.15) is 25.7 Å². The zero-order valence-corrected chi connectivity index (χ0v) is 17.4. The van der Waals surface area contributed by atoms with E-state index in [9.17, 15) is 0 Å². The minimum Gasteiger partial charge on any atom is -0.383 e. The molecule has 1 aromatic carbocycles. The first-order valence-corrected chi connectivity index (χ1v) is 11.8. The maximum absolute atomic E-state index is 6.21. The van der Waals surface area contributed by atoms with Crippen LogP contribution in [-0.4, -0.2) is 49.2 Å². The van der Waals surface area contributed by atoms with Crippen molar-refractivity contribution in [3.63, 3.8) is 0 Å². The number of benzene rings is 1. The van der Waals surface area contributed by atoms with Crippen molar-refractivity contribution >= 4 is 40.7 Å². The van der Waals surface area contributed by atoms with Crippen LogP contribution in [-0.2, 0) is 0 Å². The molecule has 0 aromatic heterocycles. The summed E-state index contributed by atoms with van der Waals surface area (Å²) in [6.45, 7) is 6.10. The molecule has 0 atom stereocenters. The average molecular weight is 401 g/mol. The summed E-state index contributed by atoms with van der Waals surface area (Å²) < 4.78 is 0. The molecule has 27 heavy (non-hydrogen) atoms. The van der Waals surface area contributed by atoms with E-state index in [-0.39, 0.29) is 0 Å². The molecule has 0 spiro atoms. The first-order valence-electron chi connectivity index (χ1n) is 9.90. The lowest BCUT2D eigenvalue weighted by Gasteiger charge is -2.31. The molecule has 0 bridgehead atoms. The van der Waals surface area contributed by atoms with Gasteiger partial charge >= 0.3 is 0 Å². The van der Waals surface area contributed by atoms with E-state index in [1.807, 2.05) is 11.8 Å². The number of aliphatic imine (C=N–C) groups is 1. The summed E-state index contributed by atoms with van der Waals surface area (Å²) in [5, 5.41) is 2.08. The lowest BCUT2D eigenvalue weighted by Crippen LogP contribution is -2.32. The maximum atomic E-state index is 6.21. The topological polar surface area (TPSA) is 44.9 Å². The van der Waals surface area contributed by atoms with Crippen molar-refractivity contribution in [2.45, 2.75) is 30.6 Å². The van der Waals surface area contributed by atoms with Gasteiger partial charge in [-0.2, -0.15) is 0 Å². The molecular formula is C21H28N4S2. The SMILES string of the molecule is NC(=Nc1ccc2c(c1)SCCN2CCCN1CCCC1)C1=CCC=CS1. The standard InChI is InChI=1S/C21H28N4S2/c22-21(19-6-1-4-14-26-19)23-17-7-8-18-20(16-17)27-15-13-25(18)12-5-11-24-9-2-3-10-24/h4,6-8,14,16H,1-3,5,9-13,15H2,(H2,22,23). The number of amidine groups is 1. The highest BCUT2D eigenvalue weighted by Crippen LogP contribution is 2.37. The van der Waals surface area contributed by atoms with Gasteiger partial charge < -0.3 is 15.5 Å². The summed E-state index contributed by atoms with van der Waals surface area (Å²) in [4.78, 5) is 12.2. The Bertz CT molecular complexity index is 751. The Morgan fingerprint density at radius 1 is 1.15 bits per heavy atom.